The molecule has 0 bridgehead atoms. The highest BCUT2D eigenvalue weighted by Gasteiger charge is 2.24. The summed E-state index contributed by atoms with van der Waals surface area (Å²) in [6.07, 6.45) is 5.76. The fourth-order valence-corrected chi connectivity index (χ4v) is 8.14. The van der Waals surface area contributed by atoms with Gasteiger partial charge in [-0.05, 0) is 82.4 Å². The molecule has 1 aliphatic rings. The second-order valence-electron chi connectivity index (χ2n) is 13.5. The Balaban J connectivity index is 1.31. The fourth-order valence-electron chi connectivity index (χ4n) is 8.14. The van der Waals surface area contributed by atoms with E-state index < -0.39 is 0 Å². The van der Waals surface area contributed by atoms with Crippen molar-refractivity contribution in [2.45, 2.75) is 13.3 Å². The molecule has 1 atom stereocenters. The van der Waals surface area contributed by atoms with Gasteiger partial charge in [-0.3, -0.25) is 0 Å². The summed E-state index contributed by atoms with van der Waals surface area (Å²) >= 11 is 0. The summed E-state index contributed by atoms with van der Waals surface area (Å²) in [5.41, 5.74) is 13.7. The van der Waals surface area contributed by atoms with Crippen LogP contribution in [0.4, 0.5) is 0 Å². The van der Waals surface area contributed by atoms with E-state index in [1.807, 2.05) is 0 Å². The maximum atomic E-state index is 2.56. The van der Waals surface area contributed by atoms with E-state index in [0.29, 0.717) is 5.92 Å². The molecule has 0 radical (unpaired) electrons. The number of rotatable bonds is 4. The summed E-state index contributed by atoms with van der Waals surface area (Å²) in [5.74, 6) is 0.478. The van der Waals surface area contributed by atoms with Crippen LogP contribution >= 0.6 is 0 Å². The monoisotopic (exact) mass is 626 g/mol. The molecule has 1 aliphatic carbocycles. The van der Waals surface area contributed by atoms with Gasteiger partial charge < -0.3 is 9.13 Å². The summed E-state index contributed by atoms with van der Waals surface area (Å²) in [4.78, 5) is 0. The van der Waals surface area contributed by atoms with Crippen LogP contribution in [0.25, 0.3) is 83.2 Å². The third kappa shape index (κ3) is 4.41. The van der Waals surface area contributed by atoms with Crippen LogP contribution in [-0.4, -0.2) is 9.13 Å². The third-order valence-corrected chi connectivity index (χ3v) is 10.4. The molecule has 2 heterocycles. The van der Waals surface area contributed by atoms with Gasteiger partial charge in [-0.1, -0.05) is 134 Å². The largest absolute Gasteiger partial charge is 0.312 e. The molecule has 2 aromatic heterocycles. The Morgan fingerprint density at radius 2 is 1.08 bits per heavy atom. The second kappa shape index (κ2) is 11.0. The number of hydrogen-bond donors (Lipinski definition) is 0. The highest BCUT2D eigenvalue weighted by Crippen LogP contribution is 2.42. The quantitative estimate of drug-likeness (QED) is 0.184. The van der Waals surface area contributed by atoms with Gasteiger partial charge in [-0.15, -0.1) is 0 Å². The molecule has 49 heavy (non-hydrogen) atoms. The van der Waals surface area contributed by atoms with Crippen LogP contribution in [0.5, 0.6) is 0 Å². The van der Waals surface area contributed by atoms with E-state index in [2.05, 4.69) is 186 Å². The maximum Gasteiger partial charge on any atom is 0.0548 e. The summed E-state index contributed by atoms with van der Waals surface area (Å²) in [5, 5.41) is 6.37. The molecular formula is C47H34N2. The Morgan fingerprint density at radius 1 is 0.469 bits per heavy atom. The molecule has 0 spiro atoms. The molecule has 0 saturated heterocycles. The Hall–Kier alpha value is -6.12. The molecule has 2 heteroatoms. The predicted octanol–water partition coefficient (Wildman–Crippen LogP) is 12.4. The smallest absolute Gasteiger partial charge is 0.0548 e. The molecule has 0 N–H and O–H groups in total. The van der Waals surface area contributed by atoms with Crippen LogP contribution in [0.15, 0.2) is 164 Å². The molecule has 232 valence electrons. The average Bonchev–Trinajstić information content (AvgIpc) is 3.65. The van der Waals surface area contributed by atoms with Gasteiger partial charge in [0.05, 0.1) is 22.2 Å². The number of hydrogen-bond acceptors (Lipinski definition) is 0. The third-order valence-electron chi connectivity index (χ3n) is 10.4. The zero-order valence-corrected chi connectivity index (χ0v) is 27.3. The van der Waals surface area contributed by atoms with Crippen molar-refractivity contribution in [3.05, 3.63) is 175 Å². The molecule has 1 unspecified atom stereocenters. The molecular weight excluding hydrogens is 593 g/mol. The van der Waals surface area contributed by atoms with Crippen molar-refractivity contribution < 1.29 is 0 Å². The average molecular weight is 627 g/mol. The number of nitrogens with zero attached hydrogens (tertiary/aromatic N) is 2. The molecule has 10 rings (SSSR count). The van der Waals surface area contributed by atoms with Gasteiger partial charge in [-0.2, -0.15) is 0 Å². The van der Waals surface area contributed by atoms with Gasteiger partial charge in [0.15, 0.2) is 0 Å². The summed E-state index contributed by atoms with van der Waals surface area (Å²) < 4.78 is 5.04. The molecule has 0 saturated carbocycles. The molecule has 0 fully saturated rings. The van der Waals surface area contributed by atoms with E-state index in [0.717, 1.165) is 12.1 Å². The molecule has 0 amide bonds. The Bertz CT molecular complexity index is 2680. The lowest BCUT2D eigenvalue weighted by molar-refractivity contribution is 0.691. The van der Waals surface area contributed by atoms with Crippen LogP contribution in [0.3, 0.4) is 0 Å². The van der Waals surface area contributed by atoms with Crippen LogP contribution in [-0.2, 0) is 6.42 Å². The summed E-state index contributed by atoms with van der Waals surface area (Å²) in [7, 11) is 0. The lowest BCUT2D eigenvalue weighted by Gasteiger charge is -2.18. The van der Waals surface area contributed by atoms with Gasteiger partial charge in [0, 0.05) is 38.5 Å². The fraction of sp³-hybridized carbons (Fsp3) is 0.0638. The van der Waals surface area contributed by atoms with Crippen LogP contribution < -0.4 is 0 Å². The molecule has 2 nitrogen and oxygen atoms in total. The standard InChI is InChI=1S/C47H34N2/c1-31-23-24-40-42-29-46-41(30-47(42)49(45(40)25-31)43-22-12-18-34-17-8-9-19-38(34)43)39-20-10-11-21-44(39)48(46)37-27-35(32-13-4-2-5-14-32)26-36(28-37)33-15-6-3-7-16-33/h2-24,26-31H,25H2,1H3. The van der Waals surface area contributed by atoms with E-state index >= 15 is 0 Å². The minimum atomic E-state index is 0.478. The Labute approximate surface area is 285 Å². The number of fused-ring (bicyclic) bond motifs is 7. The maximum absolute atomic E-state index is 2.56. The van der Waals surface area contributed by atoms with Crippen molar-refractivity contribution in [1.29, 1.82) is 0 Å². The number of benzene rings is 7. The van der Waals surface area contributed by atoms with Crippen molar-refractivity contribution in [3.8, 4) is 33.6 Å². The number of aromatic nitrogens is 2. The summed E-state index contributed by atoms with van der Waals surface area (Å²) in [6.45, 7) is 2.33. The minimum absolute atomic E-state index is 0.478. The van der Waals surface area contributed by atoms with Gasteiger partial charge in [0.1, 0.15) is 0 Å². The molecule has 9 aromatic rings. The second-order valence-corrected chi connectivity index (χ2v) is 13.5. The van der Waals surface area contributed by atoms with Crippen molar-refractivity contribution >= 4 is 49.6 Å². The first-order chi connectivity index (χ1) is 24.2. The van der Waals surface area contributed by atoms with Crippen LogP contribution in [0, 0.1) is 5.92 Å². The number of para-hydroxylation sites is 1. The zero-order chi connectivity index (χ0) is 32.5. The van der Waals surface area contributed by atoms with Gasteiger partial charge in [-0.25, -0.2) is 0 Å². The first kappa shape index (κ1) is 27.9. The van der Waals surface area contributed by atoms with Crippen LogP contribution in [0.2, 0.25) is 0 Å². The SMILES string of the molecule is CC1C=Cc2c(n(-c3cccc4ccccc34)c3cc4c5ccccc5n(-c5cc(-c6ccccc6)cc(-c6ccccc6)c5)c4cc23)C1. The molecule has 7 aromatic carbocycles. The van der Waals surface area contributed by atoms with E-state index in [4.69, 9.17) is 0 Å². The van der Waals surface area contributed by atoms with Gasteiger partial charge >= 0.3 is 0 Å². The predicted molar refractivity (Wildman–Crippen MR) is 208 cm³/mol. The highest BCUT2D eigenvalue weighted by atomic mass is 15.0. The van der Waals surface area contributed by atoms with Crippen LogP contribution in [0.1, 0.15) is 18.2 Å². The minimum Gasteiger partial charge on any atom is -0.312 e. The Kier molecular flexibility index (Phi) is 6.25. The van der Waals surface area contributed by atoms with Crippen molar-refractivity contribution in [2.24, 2.45) is 5.92 Å². The van der Waals surface area contributed by atoms with Gasteiger partial charge in [0.2, 0.25) is 0 Å². The first-order valence-corrected chi connectivity index (χ1v) is 17.2. The lowest BCUT2D eigenvalue weighted by atomic mass is 9.94. The van der Waals surface area contributed by atoms with E-state index in [1.54, 1.807) is 0 Å². The number of allylic oxidation sites excluding steroid dienone is 1. The topological polar surface area (TPSA) is 9.86 Å². The lowest BCUT2D eigenvalue weighted by Crippen LogP contribution is -2.08. The summed E-state index contributed by atoms with van der Waals surface area (Å²) in [6, 6.07) is 57.8. The van der Waals surface area contributed by atoms with Crippen molar-refractivity contribution in [1.82, 2.24) is 9.13 Å². The molecule has 0 aliphatic heterocycles. The van der Waals surface area contributed by atoms with E-state index in [-0.39, 0.29) is 0 Å². The van der Waals surface area contributed by atoms with Crippen molar-refractivity contribution in [3.63, 3.8) is 0 Å². The van der Waals surface area contributed by atoms with Crippen molar-refractivity contribution in [2.75, 3.05) is 0 Å². The Morgan fingerprint density at radius 3 is 1.84 bits per heavy atom. The zero-order valence-electron chi connectivity index (χ0n) is 27.3. The van der Waals surface area contributed by atoms with Gasteiger partial charge in [0.25, 0.3) is 0 Å². The van der Waals surface area contributed by atoms with E-state index in [9.17, 15) is 0 Å². The highest BCUT2D eigenvalue weighted by molar-refractivity contribution is 6.15. The van der Waals surface area contributed by atoms with E-state index in [1.165, 1.54) is 82.7 Å². The first-order valence-electron chi connectivity index (χ1n) is 17.2. The normalized spacial score (nSPS) is 14.3.